The molecule has 6 heteroatoms. The minimum absolute atomic E-state index is 0.104. The number of rotatable bonds is 4. The molecule has 2 aromatic rings. The summed E-state index contributed by atoms with van der Waals surface area (Å²) in [7, 11) is 0. The number of ether oxygens (including phenoxy) is 1. The number of aromatic nitrogens is 2. The number of benzene rings is 1. The van der Waals surface area contributed by atoms with Gasteiger partial charge in [0.05, 0.1) is 11.3 Å². The zero-order valence-electron chi connectivity index (χ0n) is 11.1. The summed E-state index contributed by atoms with van der Waals surface area (Å²) in [5.41, 5.74) is 0.769. The Morgan fingerprint density at radius 1 is 1.40 bits per heavy atom. The van der Waals surface area contributed by atoms with Crippen molar-refractivity contribution in [1.29, 1.82) is 0 Å². The van der Waals surface area contributed by atoms with Crippen LogP contribution >= 0.6 is 0 Å². The van der Waals surface area contributed by atoms with E-state index in [1.165, 1.54) is 18.5 Å². The van der Waals surface area contributed by atoms with E-state index in [1.54, 1.807) is 19.9 Å². The van der Waals surface area contributed by atoms with Crippen LogP contribution in [0.1, 0.15) is 28.5 Å². The molecule has 1 aromatic carbocycles. The van der Waals surface area contributed by atoms with E-state index in [2.05, 4.69) is 9.97 Å². The maximum Gasteiger partial charge on any atom is 0.336 e. The predicted octanol–water partition coefficient (Wildman–Crippen LogP) is 2.98. The van der Waals surface area contributed by atoms with Crippen molar-refractivity contribution in [1.82, 2.24) is 9.97 Å². The van der Waals surface area contributed by atoms with Crippen LogP contribution in [0.15, 0.2) is 24.5 Å². The second-order valence-electron chi connectivity index (χ2n) is 4.13. The van der Waals surface area contributed by atoms with Gasteiger partial charge in [0.25, 0.3) is 5.88 Å². The largest absolute Gasteiger partial charge is 0.478 e. The lowest BCUT2D eigenvalue weighted by atomic mass is 10.1. The molecule has 0 fully saturated rings. The summed E-state index contributed by atoms with van der Waals surface area (Å²) in [4.78, 5) is 18.6. The highest BCUT2D eigenvalue weighted by Crippen LogP contribution is 2.28. The van der Waals surface area contributed by atoms with Gasteiger partial charge in [-0.15, -0.1) is 0 Å². The first-order valence-electron chi connectivity index (χ1n) is 6.04. The molecular weight excluding hydrogens is 263 g/mol. The average Bonchev–Trinajstić information content (AvgIpc) is 2.43. The zero-order valence-corrected chi connectivity index (χ0v) is 11.1. The van der Waals surface area contributed by atoms with E-state index < -0.39 is 11.8 Å². The van der Waals surface area contributed by atoms with Gasteiger partial charge < -0.3 is 9.84 Å². The summed E-state index contributed by atoms with van der Waals surface area (Å²) in [6, 6.07) is 4.55. The van der Waals surface area contributed by atoms with Crippen LogP contribution in [-0.4, -0.2) is 21.0 Å². The number of aromatic carboxylic acids is 1. The molecule has 0 spiro atoms. The number of halogens is 1. The SMILES string of the molecule is CCc1ncnc(Oc2cccc(C(=O)O)c2C)c1F. The van der Waals surface area contributed by atoms with Gasteiger partial charge in [-0.2, -0.15) is 9.37 Å². The number of aryl methyl sites for hydroxylation is 1. The quantitative estimate of drug-likeness (QED) is 0.929. The number of carboxylic acids is 1. The fourth-order valence-electron chi connectivity index (χ4n) is 1.77. The monoisotopic (exact) mass is 276 g/mol. The minimum Gasteiger partial charge on any atom is -0.478 e. The normalized spacial score (nSPS) is 10.3. The molecule has 0 amide bonds. The van der Waals surface area contributed by atoms with Gasteiger partial charge in [-0.05, 0) is 25.5 Å². The average molecular weight is 276 g/mol. The number of hydrogen-bond acceptors (Lipinski definition) is 4. The molecule has 0 unspecified atom stereocenters. The highest BCUT2D eigenvalue weighted by atomic mass is 19.1. The first kappa shape index (κ1) is 13.9. The summed E-state index contributed by atoms with van der Waals surface area (Å²) in [6.45, 7) is 3.37. The highest BCUT2D eigenvalue weighted by molar-refractivity contribution is 5.90. The van der Waals surface area contributed by atoms with Crippen molar-refractivity contribution in [2.75, 3.05) is 0 Å². The number of hydrogen-bond donors (Lipinski definition) is 1. The van der Waals surface area contributed by atoms with Gasteiger partial charge in [0.1, 0.15) is 12.1 Å². The highest BCUT2D eigenvalue weighted by Gasteiger charge is 2.15. The van der Waals surface area contributed by atoms with Crippen LogP contribution in [0.3, 0.4) is 0 Å². The number of carboxylic acid groups (broad SMARTS) is 1. The second-order valence-corrected chi connectivity index (χ2v) is 4.13. The fourth-order valence-corrected chi connectivity index (χ4v) is 1.77. The van der Waals surface area contributed by atoms with Crippen LogP contribution < -0.4 is 4.74 Å². The van der Waals surface area contributed by atoms with E-state index >= 15 is 0 Å². The molecule has 20 heavy (non-hydrogen) atoms. The van der Waals surface area contributed by atoms with Gasteiger partial charge in [-0.25, -0.2) is 9.78 Å². The van der Waals surface area contributed by atoms with Gasteiger partial charge in [0, 0.05) is 5.56 Å². The Balaban J connectivity index is 2.41. The molecule has 0 saturated heterocycles. The molecule has 104 valence electrons. The summed E-state index contributed by atoms with van der Waals surface area (Å²) >= 11 is 0. The molecule has 5 nitrogen and oxygen atoms in total. The number of carbonyl (C=O) groups is 1. The van der Waals surface area contributed by atoms with E-state index in [9.17, 15) is 9.18 Å². The van der Waals surface area contributed by atoms with E-state index in [-0.39, 0.29) is 22.9 Å². The maximum absolute atomic E-state index is 14.0. The lowest BCUT2D eigenvalue weighted by molar-refractivity contribution is 0.0695. The van der Waals surface area contributed by atoms with E-state index in [0.717, 1.165) is 0 Å². The van der Waals surface area contributed by atoms with Crippen molar-refractivity contribution in [2.24, 2.45) is 0 Å². The Kier molecular flexibility index (Phi) is 3.93. The van der Waals surface area contributed by atoms with Crippen molar-refractivity contribution in [3.63, 3.8) is 0 Å². The van der Waals surface area contributed by atoms with Crippen molar-refractivity contribution < 1.29 is 19.0 Å². The Labute approximate surface area is 115 Å². The first-order chi connectivity index (χ1) is 9.54. The molecule has 0 atom stereocenters. The zero-order chi connectivity index (χ0) is 14.7. The van der Waals surface area contributed by atoms with Crippen LogP contribution in [-0.2, 0) is 6.42 Å². The van der Waals surface area contributed by atoms with Gasteiger partial charge >= 0.3 is 5.97 Å². The summed E-state index contributed by atoms with van der Waals surface area (Å²) < 4.78 is 19.4. The summed E-state index contributed by atoms with van der Waals surface area (Å²) in [5, 5.41) is 9.04. The lowest BCUT2D eigenvalue weighted by Crippen LogP contribution is -2.03. The summed E-state index contributed by atoms with van der Waals surface area (Å²) in [6.07, 6.45) is 1.63. The van der Waals surface area contributed by atoms with Crippen molar-refractivity contribution in [3.8, 4) is 11.6 Å². The third-order valence-corrected chi connectivity index (χ3v) is 2.89. The van der Waals surface area contributed by atoms with Crippen molar-refractivity contribution in [3.05, 3.63) is 47.2 Å². The Bertz CT molecular complexity index is 659. The second kappa shape index (κ2) is 5.64. The molecule has 0 aliphatic heterocycles. The molecule has 0 bridgehead atoms. The molecule has 1 heterocycles. The van der Waals surface area contributed by atoms with Gasteiger partial charge in [0.2, 0.25) is 5.82 Å². The third kappa shape index (κ3) is 2.59. The molecule has 0 aliphatic rings. The Morgan fingerprint density at radius 3 is 2.80 bits per heavy atom. The fraction of sp³-hybridized carbons (Fsp3) is 0.214. The van der Waals surface area contributed by atoms with E-state index in [0.29, 0.717) is 12.0 Å². The van der Waals surface area contributed by atoms with E-state index in [4.69, 9.17) is 9.84 Å². The van der Waals surface area contributed by atoms with Gasteiger partial charge in [0.15, 0.2) is 0 Å². The van der Waals surface area contributed by atoms with Crippen molar-refractivity contribution >= 4 is 5.97 Å². The summed E-state index contributed by atoms with van der Waals surface area (Å²) in [5.74, 6) is -1.65. The smallest absolute Gasteiger partial charge is 0.336 e. The molecule has 2 rings (SSSR count). The van der Waals surface area contributed by atoms with E-state index in [1.807, 2.05) is 0 Å². The van der Waals surface area contributed by atoms with Crippen LogP contribution in [0.2, 0.25) is 0 Å². The van der Waals surface area contributed by atoms with Gasteiger partial charge in [-0.1, -0.05) is 13.0 Å². The molecule has 0 aliphatic carbocycles. The van der Waals surface area contributed by atoms with Crippen LogP contribution in [0, 0.1) is 12.7 Å². The predicted molar refractivity (Wildman–Crippen MR) is 69.6 cm³/mol. The molecule has 1 N–H and O–H groups in total. The topological polar surface area (TPSA) is 72.3 Å². The molecule has 0 saturated carbocycles. The first-order valence-corrected chi connectivity index (χ1v) is 6.04. The standard InChI is InChI=1S/C14H13FN2O3/c1-3-10-12(15)13(17-7-16-10)20-11-6-4-5-9(8(11)2)14(18)19/h4-7H,3H2,1-2H3,(H,18,19). The van der Waals surface area contributed by atoms with Crippen LogP contribution in [0.5, 0.6) is 11.6 Å². The Hall–Kier alpha value is -2.50. The molecular formula is C14H13FN2O3. The Morgan fingerprint density at radius 2 is 2.15 bits per heavy atom. The van der Waals surface area contributed by atoms with Gasteiger partial charge in [-0.3, -0.25) is 0 Å². The lowest BCUT2D eigenvalue weighted by Gasteiger charge is -2.11. The third-order valence-electron chi connectivity index (χ3n) is 2.89. The van der Waals surface area contributed by atoms with Crippen molar-refractivity contribution in [2.45, 2.75) is 20.3 Å². The minimum atomic E-state index is -1.06. The number of nitrogens with zero attached hydrogens (tertiary/aromatic N) is 2. The molecule has 0 radical (unpaired) electrons. The molecule has 1 aromatic heterocycles. The van der Waals surface area contributed by atoms with Crippen LogP contribution in [0.4, 0.5) is 4.39 Å². The maximum atomic E-state index is 14.0. The van der Waals surface area contributed by atoms with Crippen LogP contribution in [0.25, 0.3) is 0 Å².